The molecule has 0 saturated heterocycles. The van der Waals surface area contributed by atoms with Crippen molar-refractivity contribution in [1.29, 1.82) is 0 Å². The predicted octanol–water partition coefficient (Wildman–Crippen LogP) is 8.76. The third-order valence-corrected chi connectivity index (χ3v) is 6.41. The molecule has 0 bridgehead atoms. The van der Waals surface area contributed by atoms with E-state index in [9.17, 15) is 4.79 Å². The lowest BCUT2D eigenvalue weighted by molar-refractivity contribution is -0.155. The van der Waals surface area contributed by atoms with E-state index in [4.69, 9.17) is 50.7 Å². The number of halogens is 3. The summed E-state index contributed by atoms with van der Waals surface area (Å²) in [6, 6.07) is 16.3. The molecule has 3 unspecified atom stereocenters. The van der Waals surface area contributed by atoms with Crippen LogP contribution in [-0.2, 0) is 9.53 Å². The highest BCUT2D eigenvalue weighted by Crippen LogP contribution is 2.35. The smallest absolute Gasteiger partial charge is 0.311 e. The van der Waals surface area contributed by atoms with Crippen molar-refractivity contribution in [2.45, 2.75) is 33.8 Å². The van der Waals surface area contributed by atoms with Crippen LogP contribution in [-0.4, -0.2) is 11.0 Å². The molecule has 0 aliphatic heterocycles. The molecule has 0 spiro atoms. The van der Waals surface area contributed by atoms with Crippen LogP contribution in [0.4, 0.5) is 0 Å². The van der Waals surface area contributed by atoms with Gasteiger partial charge in [0.25, 0.3) is 0 Å². The highest BCUT2D eigenvalue weighted by Gasteiger charge is 2.35. The van der Waals surface area contributed by atoms with E-state index in [-0.39, 0.29) is 22.2 Å². The first kappa shape index (κ1) is 27.9. The highest BCUT2D eigenvalue weighted by atomic mass is 35.5. The minimum Gasteiger partial charge on any atom is -0.442 e. The Labute approximate surface area is 227 Å². The van der Waals surface area contributed by atoms with Crippen molar-refractivity contribution >= 4 is 51.5 Å². The first-order valence-electron chi connectivity index (χ1n) is 11.6. The lowest BCUT2D eigenvalue weighted by atomic mass is 9.77. The number of allylic oxidation sites excluding steroid dienone is 1. The zero-order chi connectivity index (χ0) is 26.4. The number of aromatic nitrogens is 1. The van der Waals surface area contributed by atoms with Gasteiger partial charge in [0.05, 0.1) is 5.92 Å². The molecule has 3 aromatic rings. The largest absolute Gasteiger partial charge is 0.442 e. The van der Waals surface area contributed by atoms with Crippen LogP contribution in [0.25, 0.3) is 10.8 Å². The fourth-order valence-electron chi connectivity index (χ4n) is 4.17. The van der Waals surface area contributed by atoms with E-state index in [1.54, 1.807) is 30.3 Å². The summed E-state index contributed by atoms with van der Waals surface area (Å²) >= 11 is 17.9. The van der Waals surface area contributed by atoms with Gasteiger partial charge in [-0.3, -0.25) is 4.79 Å². The molecule has 0 fully saturated rings. The Morgan fingerprint density at radius 1 is 1.03 bits per heavy atom. The molecular formula is C29H28Cl3NO3. The van der Waals surface area contributed by atoms with Gasteiger partial charge in [0, 0.05) is 16.5 Å². The first-order chi connectivity index (χ1) is 17.1. The maximum absolute atomic E-state index is 13.5. The Kier molecular flexibility index (Phi) is 9.68. The summed E-state index contributed by atoms with van der Waals surface area (Å²) in [6.45, 7) is 7.92. The number of carbonyl (C=O) groups excluding carboxylic acids is 1. The van der Waals surface area contributed by atoms with Gasteiger partial charge in [-0.15, -0.1) is 6.42 Å². The van der Waals surface area contributed by atoms with Gasteiger partial charge in [-0.1, -0.05) is 92.7 Å². The standard InChI is InChI=1S/C29H28Cl3NO3/c1-6-24(36-29(34)27(18(4)5)23(17(2)3)16-25(31)32)28-22-10-8-7-9-19(22)15-26(33-28)35-21-13-11-20(30)12-14-21/h1,7-18,23-24,27H,2-5H3. The van der Waals surface area contributed by atoms with E-state index < -0.39 is 18.0 Å². The summed E-state index contributed by atoms with van der Waals surface area (Å²) in [7, 11) is 0. The van der Waals surface area contributed by atoms with Crippen molar-refractivity contribution in [2.24, 2.45) is 23.7 Å². The molecule has 4 nitrogen and oxygen atoms in total. The zero-order valence-electron chi connectivity index (χ0n) is 20.5. The molecule has 36 heavy (non-hydrogen) atoms. The number of benzene rings is 2. The van der Waals surface area contributed by atoms with Crippen molar-refractivity contribution in [3.05, 3.63) is 75.9 Å². The molecule has 2 aromatic carbocycles. The number of ether oxygens (including phenoxy) is 2. The number of hydrogen-bond acceptors (Lipinski definition) is 4. The maximum atomic E-state index is 13.5. The molecule has 0 N–H and O–H groups in total. The molecule has 3 rings (SSSR count). The molecule has 0 aliphatic rings. The van der Waals surface area contributed by atoms with Crippen molar-refractivity contribution in [3.8, 4) is 24.0 Å². The van der Waals surface area contributed by atoms with Gasteiger partial charge in [0.1, 0.15) is 15.9 Å². The van der Waals surface area contributed by atoms with Gasteiger partial charge < -0.3 is 9.47 Å². The van der Waals surface area contributed by atoms with E-state index in [0.717, 1.165) is 10.8 Å². The second-order valence-corrected chi connectivity index (χ2v) is 10.6. The minimum atomic E-state index is -1.03. The third kappa shape index (κ3) is 6.95. The minimum absolute atomic E-state index is 0.0449. The Morgan fingerprint density at radius 3 is 2.28 bits per heavy atom. The summed E-state index contributed by atoms with van der Waals surface area (Å²) in [5, 5.41) is 2.21. The second kappa shape index (κ2) is 12.5. The van der Waals surface area contributed by atoms with Gasteiger partial charge >= 0.3 is 5.97 Å². The molecule has 0 aliphatic carbocycles. The zero-order valence-corrected chi connectivity index (χ0v) is 22.8. The molecule has 0 radical (unpaired) electrons. The summed E-state index contributed by atoms with van der Waals surface area (Å²) in [4.78, 5) is 18.1. The lowest BCUT2D eigenvalue weighted by Gasteiger charge is -2.30. The third-order valence-electron chi connectivity index (χ3n) is 5.91. The van der Waals surface area contributed by atoms with Gasteiger partial charge in [-0.2, -0.15) is 0 Å². The van der Waals surface area contributed by atoms with Crippen LogP contribution >= 0.6 is 34.8 Å². The van der Waals surface area contributed by atoms with Crippen LogP contribution in [0.2, 0.25) is 5.02 Å². The lowest BCUT2D eigenvalue weighted by Crippen LogP contribution is -2.33. The van der Waals surface area contributed by atoms with Crippen LogP contribution in [0.5, 0.6) is 11.6 Å². The van der Waals surface area contributed by atoms with Crippen molar-refractivity contribution in [2.75, 3.05) is 0 Å². The van der Waals surface area contributed by atoms with Crippen LogP contribution in [0.15, 0.2) is 65.2 Å². The van der Waals surface area contributed by atoms with Gasteiger partial charge in [-0.05, 0) is 53.5 Å². The van der Waals surface area contributed by atoms with E-state index >= 15 is 0 Å². The summed E-state index contributed by atoms with van der Waals surface area (Å²) in [5.41, 5.74) is 0.419. The topological polar surface area (TPSA) is 48.4 Å². The average molecular weight is 545 g/mol. The number of nitrogens with zero attached hydrogens (tertiary/aromatic N) is 1. The molecule has 1 heterocycles. The van der Waals surface area contributed by atoms with Crippen molar-refractivity contribution in [3.63, 3.8) is 0 Å². The molecule has 1 aromatic heterocycles. The molecule has 3 atom stereocenters. The highest BCUT2D eigenvalue weighted by molar-refractivity contribution is 6.55. The molecule has 0 amide bonds. The summed E-state index contributed by atoms with van der Waals surface area (Å²) in [6.07, 6.45) is 6.55. The summed E-state index contributed by atoms with van der Waals surface area (Å²) < 4.78 is 12.0. The van der Waals surface area contributed by atoms with Gasteiger partial charge in [-0.25, -0.2) is 4.98 Å². The Balaban J connectivity index is 2.00. The number of terminal acetylenes is 1. The number of esters is 1. The molecule has 188 valence electrons. The number of rotatable bonds is 9. The fraction of sp³-hybridized carbons (Fsp3) is 0.310. The molecule has 7 heteroatoms. The average Bonchev–Trinajstić information content (AvgIpc) is 2.82. The first-order valence-corrected chi connectivity index (χ1v) is 12.8. The quantitative estimate of drug-likeness (QED) is 0.199. The fourth-order valence-corrected chi connectivity index (χ4v) is 4.59. The van der Waals surface area contributed by atoms with Crippen molar-refractivity contribution in [1.82, 2.24) is 4.98 Å². The summed E-state index contributed by atoms with van der Waals surface area (Å²) in [5.74, 6) is 2.35. The number of pyridine rings is 1. The molecular weight excluding hydrogens is 517 g/mol. The Bertz CT molecular complexity index is 1280. The second-order valence-electron chi connectivity index (χ2n) is 9.15. The van der Waals surface area contributed by atoms with Gasteiger partial charge in [0.2, 0.25) is 12.0 Å². The Hall–Kier alpha value is -2.71. The maximum Gasteiger partial charge on any atom is 0.311 e. The van der Waals surface area contributed by atoms with E-state index in [0.29, 0.717) is 22.3 Å². The van der Waals surface area contributed by atoms with Crippen LogP contribution in [0, 0.1) is 36.0 Å². The molecule has 0 saturated carbocycles. The Morgan fingerprint density at radius 2 is 1.69 bits per heavy atom. The van der Waals surface area contributed by atoms with Crippen LogP contribution in [0.1, 0.15) is 39.5 Å². The number of fused-ring (bicyclic) bond motifs is 1. The van der Waals surface area contributed by atoms with E-state index in [1.165, 1.54) is 0 Å². The van der Waals surface area contributed by atoms with Crippen molar-refractivity contribution < 1.29 is 14.3 Å². The predicted molar refractivity (Wildman–Crippen MR) is 147 cm³/mol. The SMILES string of the molecule is C#CC(OC(=O)C(C(C)C)C(C=C(Cl)Cl)C(C)C)c1nc(Oc2ccc(Cl)cc2)cc2ccccc12. The van der Waals surface area contributed by atoms with E-state index in [1.807, 2.05) is 58.0 Å². The van der Waals surface area contributed by atoms with E-state index in [2.05, 4.69) is 10.9 Å². The number of carbonyl (C=O) groups is 1. The van der Waals surface area contributed by atoms with Crippen LogP contribution < -0.4 is 4.74 Å². The van der Waals surface area contributed by atoms with Crippen LogP contribution in [0.3, 0.4) is 0 Å². The monoisotopic (exact) mass is 543 g/mol. The number of hydrogen-bond donors (Lipinski definition) is 0. The van der Waals surface area contributed by atoms with Gasteiger partial charge in [0.15, 0.2) is 0 Å². The normalized spacial score (nSPS) is 13.7.